The molecule has 1 aromatic rings. The van der Waals surface area contributed by atoms with Gasteiger partial charge in [0.15, 0.2) is 0 Å². The lowest BCUT2D eigenvalue weighted by Crippen LogP contribution is -2.37. The van der Waals surface area contributed by atoms with E-state index in [0.29, 0.717) is 0 Å². The smallest absolute Gasteiger partial charge is 0.120 e. The number of nitrogens with one attached hydrogen (secondary N) is 1. The molecule has 1 fully saturated rings. The van der Waals surface area contributed by atoms with E-state index in [2.05, 4.69) is 21.2 Å². The third-order valence-corrected chi connectivity index (χ3v) is 3.20. The minimum absolute atomic E-state index is 0.743. The monoisotopic (exact) mass is 269 g/mol. The summed E-state index contributed by atoms with van der Waals surface area (Å²) in [6.07, 6.45) is 4.04. The molecular weight excluding hydrogens is 254 g/mol. The standard InChI is InChI=1S/C12H16BrNO/c13-10-3-1-6-12(9-10)15-8-7-14-11-4-2-5-11/h1,3,6,9,11,14H,2,4-5,7-8H2. The molecule has 1 saturated carbocycles. The van der Waals surface area contributed by atoms with Gasteiger partial charge in [-0.3, -0.25) is 0 Å². The van der Waals surface area contributed by atoms with E-state index in [4.69, 9.17) is 4.74 Å². The van der Waals surface area contributed by atoms with Crippen LogP contribution in [-0.2, 0) is 0 Å². The van der Waals surface area contributed by atoms with Gasteiger partial charge in [0, 0.05) is 17.1 Å². The summed E-state index contributed by atoms with van der Waals surface area (Å²) in [5.74, 6) is 0.930. The van der Waals surface area contributed by atoms with E-state index in [1.807, 2.05) is 24.3 Å². The zero-order chi connectivity index (χ0) is 10.5. The molecule has 0 amide bonds. The average Bonchev–Trinajstić information content (AvgIpc) is 2.15. The Morgan fingerprint density at radius 1 is 1.40 bits per heavy atom. The van der Waals surface area contributed by atoms with Crippen LogP contribution in [-0.4, -0.2) is 19.2 Å². The quantitative estimate of drug-likeness (QED) is 0.830. The molecule has 0 radical (unpaired) electrons. The molecule has 1 N–H and O–H groups in total. The van der Waals surface area contributed by atoms with Crippen molar-refractivity contribution in [2.75, 3.05) is 13.2 Å². The normalized spacial score (nSPS) is 16.1. The minimum Gasteiger partial charge on any atom is -0.492 e. The number of benzene rings is 1. The van der Waals surface area contributed by atoms with Crippen molar-refractivity contribution in [3.8, 4) is 5.75 Å². The van der Waals surface area contributed by atoms with Crippen molar-refractivity contribution < 1.29 is 4.74 Å². The first-order valence-corrected chi connectivity index (χ1v) is 6.25. The van der Waals surface area contributed by atoms with Gasteiger partial charge >= 0.3 is 0 Å². The highest BCUT2D eigenvalue weighted by atomic mass is 79.9. The Morgan fingerprint density at radius 2 is 2.27 bits per heavy atom. The van der Waals surface area contributed by atoms with Crippen LogP contribution in [0.3, 0.4) is 0 Å². The number of rotatable bonds is 5. The molecule has 0 atom stereocenters. The van der Waals surface area contributed by atoms with E-state index < -0.39 is 0 Å². The van der Waals surface area contributed by atoms with E-state index in [1.165, 1.54) is 19.3 Å². The summed E-state index contributed by atoms with van der Waals surface area (Å²) >= 11 is 3.42. The van der Waals surface area contributed by atoms with Gasteiger partial charge in [-0.05, 0) is 31.0 Å². The fourth-order valence-electron chi connectivity index (χ4n) is 1.60. The highest BCUT2D eigenvalue weighted by molar-refractivity contribution is 9.10. The largest absolute Gasteiger partial charge is 0.492 e. The van der Waals surface area contributed by atoms with Gasteiger partial charge < -0.3 is 10.1 Å². The summed E-state index contributed by atoms with van der Waals surface area (Å²) < 4.78 is 6.68. The third-order valence-electron chi connectivity index (χ3n) is 2.71. The van der Waals surface area contributed by atoms with Crippen molar-refractivity contribution in [1.82, 2.24) is 5.32 Å². The van der Waals surface area contributed by atoms with E-state index >= 15 is 0 Å². The Balaban J connectivity index is 1.64. The van der Waals surface area contributed by atoms with Gasteiger partial charge in [0.25, 0.3) is 0 Å². The zero-order valence-electron chi connectivity index (χ0n) is 8.71. The summed E-state index contributed by atoms with van der Waals surface area (Å²) in [6, 6.07) is 8.70. The van der Waals surface area contributed by atoms with Crippen molar-refractivity contribution in [3.05, 3.63) is 28.7 Å². The van der Waals surface area contributed by atoms with E-state index in [0.717, 1.165) is 29.4 Å². The molecule has 15 heavy (non-hydrogen) atoms. The zero-order valence-corrected chi connectivity index (χ0v) is 10.3. The summed E-state index contributed by atoms with van der Waals surface area (Å²) in [5, 5.41) is 3.47. The lowest BCUT2D eigenvalue weighted by molar-refractivity contribution is 0.276. The number of halogens is 1. The van der Waals surface area contributed by atoms with Gasteiger partial charge in [0.2, 0.25) is 0 Å². The Hall–Kier alpha value is -0.540. The molecule has 1 aliphatic rings. The fourth-order valence-corrected chi connectivity index (χ4v) is 1.98. The molecule has 1 aromatic carbocycles. The second kappa shape index (κ2) is 5.52. The van der Waals surface area contributed by atoms with Crippen molar-refractivity contribution in [2.45, 2.75) is 25.3 Å². The van der Waals surface area contributed by atoms with Crippen molar-refractivity contribution in [3.63, 3.8) is 0 Å². The summed E-state index contributed by atoms with van der Waals surface area (Å²) in [4.78, 5) is 0. The molecule has 3 heteroatoms. The van der Waals surface area contributed by atoms with Crippen LogP contribution in [0.15, 0.2) is 28.7 Å². The summed E-state index contributed by atoms with van der Waals surface area (Å²) in [6.45, 7) is 1.68. The van der Waals surface area contributed by atoms with Gasteiger partial charge in [-0.2, -0.15) is 0 Å². The molecule has 0 aliphatic heterocycles. The molecule has 0 aromatic heterocycles. The number of hydrogen-bond donors (Lipinski definition) is 1. The molecule has 0 heterocycles. The summed E-state index contributed by atoms with van der Waals surface area (Å²) in [5.41, 5.74) is 0. The molecule has 0 unspecified atom stereocenters. The Labute approximate surface area is 99.1 Å². The van der Waals surface area contributed by atoms with E-state index in [9.17, 15) is 0 Å². The molecule has 82 valence electrons. The summed E-state index contributed by atoms with van der Waals surface area (Å²) in [7, 11) is 0. The van der Waals surface area contributed by atoms with Crippen molar-refractivity contribution in [2.24, 2.45) is 0 Å². The molecule has 0 spiro atoms. The second-order valence-electron chi connectivity index (χ2n) is 3.89. The van der Waals surface area contributed by atoms with Crippen LogP contribution in [0, 0.1) is 0 Å². The first kappa shape index (κ1) is 11.0. The minimum atomic E-state index is 0.743. The van der Waals surface area contributed by atoms with Crippen LogP contribution in [0.25, 0.3) is 0 Å². The maximum atomic E-state index is 5.61. The fraction of sp³-hybridized carbons (Fsp3) is 0.500. The van der Waals surface area contributed by atoms with Crippen LogP contribution in [0.5, 0.6) is 5.75 Å². The number of ether oxygens (including phenoxy) is 1. The average molecular weight is 270 g/mol. The van der Waals surface area contributed by atoms with Crippen LogP contribution in [0.1, 0.15) is 19.3 Å². The topological polar surface area (TPSA) is 21.3 Å². The molecule has 2 nitrogen and oxygen atoms in total. The van der Waals surface area contributed by atoms with Gasteiger partial charge in [-0.25, -0.2) is 0 Å². The SMILES string of the molecule is Brc1cccc(OCCNC2CCC2)c1. The molecule has 0 saturated heterocycles. The predicted molar refractivity (Wildman–Crippen MR) is 65.3 cm³/mol. The lowest BCUT2D eigenvalue weighted by Gasteiger charge is -2.26. The second-order valence-corrected chi connectivity index (χ2v) is 4.80. The molecule has 1 aliphatic carbocycles. The predicted octanol–water partition coefficient (Wildman–Crippen LogP) is 2.97. The van der Waals surface area contributed by atoms with E-state index in [-0.39, 0.29) is 0 Å². The van der Waals surface area contributed by atoms with Crippen LogP contribution in [0.2, 0.25) is 0 Å². The highest BCUT2D eigenvalue weighted by Gasteiger charge is 2.15. The van der Waals surface area contributed by atoms with Crippen LogP contribution >= 0.6 is 15.9 Å². The van der Waals surface area contributed by atoms with Crippen molar-refractivity contribution >= 4 is 15.9 Å². The van der Waals surface area contributed by atoms with Gasteiger partial charge in [-0.15, -0.1) is 0 Å². The van der Waals surface area contributed by atoms with Gasteiger partial charge in [-0.1, -0.05) is 28.4 Å². The first-order valence-electron chi connectivity index (χ1n) is 5.46. The van der Waals surface area contributed by atoms with E-state index in [1.54, 1.807) is 0 Å². The first-order chi connectivity index (χ1) is 7.34. The van der Waals surface area contributed by atoms with Crippen molar-refractivity contribution in [1.29, 1.82) is 0 Å². The van der Waals surface area contributed by atoms with Gasteiger partial charge in [0.1, 0.15) is 12.4 Å². The maximum absolute atomic E-state index is 5.61. The highest BCUT2D eigenvalue weighted by Crippen LogP contribution is 2.18. The molecule has 2 rings (SSSR count). The maximum Gasteiger partial charge on any atom is 0.120 e. The third kappa shape index (κ3) is 3.50. The molecular formula is C12H16BrNO. The lowest BCUT2D eigenvalue weighted by atomic mass is 9.93. The molecule has 0 bridgehead atoms. The van der Waals surface area contributed by atoms with Crippen LogP contribution < -0.4 is 10.1 Å². The Morgan fingerprint density at radius 3 is 2.93 bits per heavy atom. The van der Waals surface area contributed by atoms with Crippen LogP contribution in [0.4, 0.5) is 0 Å². The Bertz CT molecular complexity index is 312. The van der Waals surface area contributed by atoms with Gasteiger partial charge in [0.05, 0.1) is 0 Å². The number of hydrogen-bond acceptors (Lipinski definition) is 2. The Kier molecular flexibility index (Phi) is 4.03.